The number of anilines is 1. The summed E-state index contributed by atoms with van der Waals surface area (Å²) in [5, 5.41) is 2.76. The minimum absolute atomic E-state index is 0.104. The van der Waals surface area contributed by atoms with E-state index in [1.165, 1.54) is 12.1 Å². The summed E-state index contributed by atoms with van der Waals surface area (Å²) >= 11 is 0. The highest BCUT2D eigenvalue weighted by atomic mass is 19.1. The number of nitrogens with zero attached hydrogens (tertiary/aromatic N) is 2. The molecule has 0 radical (unpaired) electrons. The predicted molar refractivity (Wildman–Crippen MR) is 97.4 cm³/mol. The van der Waals surface area contributed by atoms with E-state index in [0.717, 1.165) is 5.52 Å². The zero-order valence-electron chi connectivity index (χ0n) is 15.0. The first kappa shape index (κ1) is 17.7. The highest BCUT2D eigenvalue weighted by Gasteiger charge is 2.18. The van der Waals surface area contributed by atoms with Gasteiger partial charge in [-0.2, -0.15) is 0 Å². The molecule has 0 aliphatic carbocycles. The zero-order chi connectivity index (χ0) is 18.8. The SMILES string of the molecule is COc1ccc(C(=O)Nc2nc3cc(F)ccc3n2C)c(OC(C)C)c1. The van der Waals surface area contributed by atoms with E-state index in [1.54, 1.807) is 43.0 Å². The zero-order valence-corrected chi connectivity index (χ0v) is 15.0. The second-order valence-electron chi connectivity index (χ2n) is 6.11. The van der Waals surface area contributed by atoms with Gasteiger partial charge >= 0.3 is 0 Å². The molecule has 3 aromatic rings. The number of imidazole rings is 1. The van der Waals surface area contributed by atoms with Gasteiger partial charge in [0.15, 0.2) is 0 Å². The fourth-order valence-corrected chi connectivity index (χ4v) is 2.62. The lowest BCUT2D eigenvalue weighted by Crippen LogP contribution is -2.17. The van der Waals surface area contributed by atoms with Crippen molar-refractivity contribution in [3.63, 3.8) is 0 Å². The van der Waals surface area contributed by atoms with Crippen LogP contribution in [0, 0.1) is 5.82 Å². The Morgan fingerprint density at radius 3 is 2.69 bits per heavy atom. The molecule has 3 rings (SSSR count). The lowest BCUT2D eigenvalue weighted by atomic mass is 10.1. The van der Waals surface area contributed by atoms with Crippen LogP contribution in [0.15, 0.2) is 36.4 Å². The monoisotopic (exact) mass is 357 g/mol. The van der Waals surface area contributed by atoms with Crippen molar-refractivity contribution >= 4 is 22.9 Å². The number of amides is 1. The summed E-state index contributed by atoms with van der Waals surface area (Å²) in [5.41, 5.74) is 1.55. The van der Waals surface area contributed by atoms with Crippen LogP contribution in [-0.2, 0) is 7.05 Å². The van der Waals surface area contributed by atoms with Gasteiger partial charge in [-0.25, -0.2) is 9.37 Å². The standard InChI is InChI=1S/C19H20FN3O3/c1-11(2)26-17-10-13(25-4)6-7-14(17)18(24)22-19-21-15-9-12(20)5-8-16(15)23(19)3/h5-11H,1-4H3,(H,21,22,24). The van der Waals surface area contributed by atoms with Gasteiger partial charge < -0.3 is 14.0 Å². The lowest BCUT2D eigenvalue weighted by molar-refractivity contribution is 0.102. The summed E-state index contributed by atoms with van der Waals surface area (Å²) in [6.07, 6.45) is -0.104. The first-order valence-corrected chi connectivity index (χ1v) is 8.17. The molecule has 0 bridgehead atoms. The van der Waals surface area contributed by atoms with Gasteiger partial charge in [0.25, 0.3) is 5.91 Å². The van der Waals surface area contributed by atoms with Crippen LogP contribution < -0.4 is 14.8 Å². The van der Waals surface area contributed by atoms with Crippen LogP contribution in [-0.4, -0.2) is 28.7 Å². The van der Waals surface area contributed by atoms with E-state index < -0.39 is 0 Å². The number of carbonyl (C=O) groups excluding carboxylic acids is 1. The molecule has 0 saturated heterocycles. The van der Waals surface area contributed by atoms with E-state index in [4.69, 9.17) is 9.47 Å². The van der Waals surface area contributed by atoms with E-state index >= 15 is 0 Å². The highest BCUT2D eigenvalue weighted by Crippen LogP contribution is 2.27. The lowest BCUT2D eigenvalue weighted by Gasteiger charge is -2.15. The normalized spacial score (nSPS) is 11.0. The maximum absolute atomic E-state index is 13.4. The summed E-state index contributed by atoms with van der Waals surface area (Å²) in [4.78, 5) is 17.0. The van der Waals surface area contributed by atoms with Crippen molar-refractivity contribution < 1.29 is 18.7 Å². The maximum Gasteiger partial charge on any atom is 0.261 e. The molecular weight excluding hydrogens is 337 g/mol. The van der Waals surface area contributed by atoms with Gasteiger partial charge in [0.1, 0.15) is 17.3 Å². The second-order valence-corrected chi connectivity index (χ2v) is 6.11. The van der Waals surface area contributed by atoms with Crippen LogP contribution in [0.2, 0.25) is 0 Å². The summed E-state index contributed by atoms with van der Waals surface area (Å²) < 4.78 is 26.0. The van der Waals surface area contributed by atoms with Gasteiger partial charge in [0.2, 0.25) is 5.95 Å². The average Bonchev–Trinajstić information content (AvgIpc) is 2.89. The Kier molecular flexibility index (Phi) is 4.79. The molecule has 0 aliphatic rings. The van der Waals surface area contributed by atoms with Gasteiger partial charge in [0, 0.05) is 19.2 Å². The number of aromatic nitrogens is 2. The quantitative estimate of drug-likeness (QED) is 0.755. The fraction of sp³-hybridized carbons (Fsp3) is 0.263. The summed E-state index contributed by atoms with van der Waals surface area (Å²) in [6, 6.07) is 9.28. The van der Waals surface area contributed by atoms with Crippen molar-refractivity contribution in [1.29, 1.82) is 0 Å². The first-order valence-electron chi connectivity index (χ1n) is 8.17. The minimum Gasteiger partial charge on any atom is -0.497 e. The predicted octanol–water partition coefficient (Wildman–Crippen LogP) is 3.76. The van der Waals surface area contributed by atoms with Crippen LogP contribution in [0.4, 0.5) is 10.3 Å². The number of nitrogens with one attached hydrogen (secondary N) is 1. The molecule has 0 atom stereocenters. The number of fused-ring (bicyclic) bond motifs is 1. The van der Waals surface area contributed by atoms with E-state index in [9.17, 15) is 9.18 Å². The number of carbonyl (C=O) groups is 1. The Hall–Kier alpha value is -3.09. The molecule has 1 heterocycles. The molecule has 136 valence electrons. The number of aryl methyl sites for hydroxylation is 1. The van der Waals surface area contributed by atoms with Crippen molar-refractivity contribution in [1.82, 2.24) is 9.55 Å². The molecule has 0 aliphatic heterocycles. The van der Waals surface area contributed by atoms with Crippen molar-refractivity contribution in [3.8, 4) is 11.5 Å². The smallest absolute Gasteiger partial charge is 0.261 e. The third kappa shape index (κ3) is 3.46. The number of halogens is 1. The molecule has 1 aromatic heterocycles. The molecule has 0 saturated carbocycles. The van der Waals surface area contributed by atoms with Crippen LogP contribution in [0.3, 0.4) is 0 Å². The number of hydrogen-bond donors (Lipinski definition) is 1. The largest absolute Gasteiger partial charge is 0.497 e. The van der Waals surface area contributed by atoms with Crippen LogP contribution in [0.5, 0.6) is 11.5 Å². The van der Waals surface area contributed by atoms with Crippen LogP contribution in [0.1, 0.15) is 24.2 Å². The fourth-order valence-electron chi connectivity index (χ4n) is 2.62. The molecule has 1 amide bonds. The Morgan fingerprint density at radius 1 is 1.23 bits per heavy atom. The van der Waals surface area contributed by atoms with Crippen molar-refractivity contribution in [2.75, 3.05) is 12.4 Å². The molecule has 0 fully saturated rings. The third-order valence-corrected chi connectivity index (χ3v) is 3.86. The number of rotatable bonds is 5. The molecule has 0 unspecified atom stereocenters. The Balaban J connectivity index is 1.94. The molecule has 1 N–H and O–H groups in total. The number of methoxy groups -OCH3 is 1. The van der Waals surface area contributed by atoms with Crippen molar-refractivity contribution in [2.24, 2.45) is 7.05 Å². The van der Waals surface area contributed by atoms with E-state index in [-0.39, 0.29) is 17.8 Å². The molecule has 26 heavy (non-hydrogen) atoms. The highest BCUT2D eigenvalue weighted by molar-refractivity contribution is 6.06. The van der Waals surface area contributed by atoms with Gasteiger partial charge in [0.05, 0.1) is 29.8 Å². The van der Waals surface area contributed by atoms with Crippen molar-refractivity contribution in [2.45, 2.75) is 20.0 Å². The third-order valence-electron chi connectivity index (χ3n) is 3.86. The maximum atomic E-state index is 13.4. The molecule has 6 nitrogen and oxygen atoms in total. The first-order chi connectivity index (χ1) is 12.4. The van der Waals surface area contributed by atoms with E-state index in [2.05, 4.69) is 10.3 Å². The van der Waals surface area contributed by atoms with Crippen molar-refractivity contribution in [3.05, 3.63) is 47.8 Å². The molecular formula is C19H20FN3O3. The molecule has 2 aromatic carbocycles. The Labute approximate surface area is 150 Å². The number of benzene rings is 2. The van der Waals surface area contributed by atoms with Crippen LogP contribution >= 0.6 is 0 Å². The van der Waals surface area contributed by atoms with E-state index in [1.807, 2.05) is 13.8 Å². The average molecular weight is 357 g/mol. The Bertz CT molecular complexity index is 966. The molecule has 7 heteroatoms. The Morgan fingerprint density at radius 2 is 2.00 bits per heavy atom. The van der Waals surface area contributed by atoms with Gasteiger partial charge in [-0.3, -0.25) is 10.1 Å². The number of hydrogen-bond acceptors (Lipinski definition) is 4. The van der Waals surface area contributed by atoms with Gasteiger partial charge in [-0.05, 0) is 38.1 Å². The van der Waals surface area contributed by atoms with E-state index in [0.29, 0.717) is 28.5 Å². The van der Waals surface area contributed by atoms with Gasteiger partial charge in [-0.15, -0.1) is 0 Å². The topological polar surface area (TPSA) is 65.4 Å². The summed E-state index contributed by atoms with van der Waals surface area (Å²) in [5.74, 6) is 0.581. The summed E-state index contributed by atoms with van der Waals surface area (Å²) in [6.45, 7) is 3.75. The minimum atomic E-state index is -0.378. The summed E-state index contributed by atoms with van der Waals surface area (Å²) in [7, 11) is 3.30. The number of ether oxygens (including phenoxy) is 2. The second kappa shape index (κ2) is 7.03. The van der Waals surface area contributed by atoms with Gasteiger partial charge in [-0.1, -0.05) is 0 Å². The van der Waals surface area contributed by atoms with Crippen LogP contribution in [0.25, 0.3) is 11.0 Å². The molecule has 0 spiro atoms.